The van der Waals surface area contributed by atoms with Crippen LogP contribution in [0.2, 0.25) is 0 Å². The van der Waals surface area contributed by atoms with Crippen LogP contribution in [0.4, 0.5) is 5.69 Å². The zero-order chi connectivity index (χ0) is 19.7. The van der Waals surface area contributed by atoms with Crippen molar-refractivity contribution in [1.82, 2.24) is 10.2 Å². The third-order valence-electron chi connectivity index (χ3n) is 6.48. The molecular formula is C21H27N3O4. The second kappa shape index (κ2) is 7.54. The van der Waals surface area contributed by atoms with Gasteiger partial charge in [-0.15, -0.1) is 0 Å². The smallest absolute Gasteiger partial charge is 0.254 e. The van der Waals surface area contributed by atoms with E-state index in [4.69, 9.17) is 0 Å². The van der Waals surface area contributed by atoms with Gasteiger partial charge in [-0.25, -0.2) is 0 Å². The van der Waals surface area contributed by atoms with Crippen LogP contribution in [0.5, 0.6) is 0 Å². The van der Waals surface area contributed by atoms with Crippen molar-refractivity contribution in [2.24, 2.45) is 5.92 Å². The molecule has 2 fully saturated rings. The molecule has 1 saturated carbocycles. The number of nitrogens with one attached hydrogen (secondary N) is 2. The average molecular weight is 385 g/mol. The number of likely N-dealkylation sites (tertiary alicyclic amines) is 1. The summed E-state index contributed by atoms with van der Waals surface area (Å²) in [4.78, 5) is 39.4. The van der Waals surface area contributed by atoms with Crippen LogP contribution in [0.15, 0.2) is 24.3 Å². The monoisotopic (exact) mass is 385 g/mol. The van der Waals surface area contributed by atoms with Gasteiger partial charge < -0.3 is 20.6 Å². The van der Waals surface area contributed by atoms with Gasteiger partial charge in [-0.1, -0.05) is 25.0 Å². The van der Waals surface area contributed by atoms with Crippen molar-refractivity contribution >= 4 is 23.4 Å². The van der Waals surface area contributed by atoms with Crippen molar-refractivity contribution in [3.8, 4) is 0 Å². The van der Waals surface area contributed by atoms with Crippen LogP contribution in [0.1, 0.15) is 55.3 Å². The minimum atomic E-state index is -0.736. The van der Waals surface area contributed by atoms with Gasteiger partial charge in [0.25, 0.3) is 5.91 Å². The van der Waals surface area contributed by atoms with Gasteiger partial charge in [0.2, 0.25) is 11.8 Å². The van der Waals surface area contributed by atoms with Crippen LogP contribution in [0.3, 0.4) is 0 Å². The summed E-state index contributed by atoms with van der Waals surface area (Å²) in [6.07, 6.45) is 5.02. The number of carbonyl (C=O) groups is 3. The summed E-state index contributed by atoms with van der Waals surface area (Å²) >= 11 is 0. The van der Waals surface area contributed by atoms with Crippen molar-refractivity contribution in [1.29, 1.82) is 0 Å². The lowest BCUT2D eigenvalue weighted by Crippen LogP contribution is -2.54. The fourth-order valence-electron chi connectivity index (χ4n) is 4.74. The van der Waals surface area contributed by atoms with E-state index in [1.54, 1.807) is 24.3 Å². The summed E-state index contributed by atoms with van der Waals surface area (Å²) in [5, 5.41) is 16.3. The van der Waals surface area contributed by atoms with Crippen molar-refractivity contribution in [2.45, 2.75) is 56.6 Å². The first-order chi connectivity index (χ1) is 13.5. The van der Waals surface area contributed by atoms with Crippen LogP contribution in [-0.4, -0.2) is 52.5 Å². The lowest BCUT2D eigenvalue weighted by Gasteiger charge is -2.47. The van der Waals surface area contributed by atoms with E-state index in [1.165, 1.54) is 0 Å². The van der Waals surface area contributed by atoms with Gasteiger partial charge in [-0.05, 0) is 37.8 Å². The molecule has 1 aromatic carbocycles. The van der Waals surface area contributed by atoms with E-state index in [2.05, 4.69) is 10.6 Å². The van der Waals surface area contributed by atoms with Gasteiger partial charge in [-0.2, -0.15) is 0 Å². The van der Waals surface area contributed by atoms with E-state index in [1.807, 2.05) is 4.90 Å². The number of fused-ring (bicyclic) bond motifs is 2. The maximum atomic E-state index is 12.7. The lowest BCUT2D eigenvalue weighted by atomic mass is 9.71. The van der Waals surface area contributed by atoms with E-state index in [9.17, 15) is 19.5 Å². The predicted molar refractivity (Wildman–Crippen MR) is 104 cm³/mol. The Morgan fingerprint density at radius 3 is 2.89 bits per heavy atom. The molecule has 3 atom stereocenters. The zero-order valence-corrected chi connectivity index (χ0v) is 15.9. The molecule has 0 aromatic heterocycles. The Morgan fingerprint density at radius 2 is 2.04 bits per heavy atom. The first-order valence-corrected chi connectivity index (χ1v) is 10.2. The van der Waals surface area contributed by atoms with Gasteiger partial charge in [0.05, 0.1) is 16.9 Å². The number of anilines is 1. The SMILES string of the molecule is O=C1N[C@H](CCC(=O)N2CC[C@@]3(O)CCCC[C@@H]3C2)C(=O)Nc2ccccc21. The number of amides is 3. The van der Waals surface area contributed by atoms with Crippen molar-refractivity contribution < 1.29 is 19.5 Å². The molecule has 0 spiro atoms. The molecule has 7 heteroatoms. The highest BCUT2D eigenvalue weighted by Gasteiger charge is 2.43. The van der Waals surface area contributed by atoms with Crippen LogP contribution < -0.4 is 10.6 Å². The summed E-state index contributed by atoms with van der Waals surface area (Å²) in [6.45, 7) is 1.14. The minimum absolute atomic E-state index is 0.0172. The Morgan fingerprint density at radius 1 is 1.21 bits per heavy atom. The number of nitrogens with zero attached hydrogens (tertiary/aromatic N) is 1. The van der Waals surface area contributed by atoms with Crippen LogP contribution in [0.25, 0.3) is 0 Å². The minimum Gasteiger partial charge on any atom is -0.389 e. The summed E-state index contributed by atoms with van der Waals surface area (Å²) in [5.74, 6) is -0.478. The fourth-order valence-corrected chi connectivity index (χ4v) is 4.74. The van der Waals surface area contributed by atoms with Gasteiger partial charge in [0.15, 0.2) is 0 Å². The maximum Gasteiger partial charge on any atom is 0.254 e. The molecule has 3 aliphatic rings. The molecule has 1 saturated heterocycles. The lowest BCUT2D eigenvalue weighted by molar-refractivity contribution is -0.143. The van der Waals surface area contributed by atoms with E-state index in [-0.39, 0.29) is 36.5 Å². The summed E-state index contributed by atoms with van der Waals surface area (Å²) < 4.78 is 0. The first kappa shape index (κ1) is 18.9. The van der Waals surface area contributed by atoms with Crippen LogP contribution >= 0.6 is 0 Å². The largest absolute Gasteiger partial charge is 0.389 e. The molecule has 0 bridgehead atoms. The average Bonchev–Trinajstić information content (AvgIpc) is 2.81. The number of rotatable bonds is 3. The molecule has 150 valence electrons. The van der Waals surface area contributed by atoms with Crippen molar-refractivity contribution in [2.75, 3.05) is 18.4 Å². The van der Waals surface area contributed by atoms with Gasteiger partial charge in [-0.3, -0.25) is 14.4 Å². The highest BCUT2D eigenvalue weighted by Crippen LogP contribution is 2.39. The normalized spacial score (nSPS) is 29.8. The molecule has 0 unspecified atom stereocenters. The Balaban J connectivity index is 1.35. The Hall–Kier alpha value is -2.41. The number of hydrogen-bond donors (Lipinski definition) is 3. The van der Waals surface area contributed by atoms with Gasteiger partial charge in [0.1, 0.15) is 6.04 Å². The second-order valence-corrected chi connectivity index (χ2v) is 8.24. The summed E-state index contributed by atoms with van der Waals surface area (Å²) in [6, 6.07) is 6.13. The Bertz CT molecular complexity index is 796. The number of aliphatic hydroxyl groups is 1. The third-order valence-corrected chi connectivity index (χ3v) is 6.48. The number of benzene rings is 1. The zero-order valence-electron chi connectivity index (χ0n) is 15.9. The third kappa shape index (κ3) is 3.63. The summed E-state index contributed by atoms with van der Waals surface area (Å²) in [5.41, 5.74) is 0.305. The molecule has 1 aliphatic carbocycles. The summed E-state index contributed by atoms with van der Waals surface area (Å²) in [7, 11) is 0. The van der Waals surface area contributed by atoms with Crippen molar-refractivity contribution in [3.63, 3.8) is 0 Å². The maximum absolute atomic E-state index is 12.7. The van der Waals surface area contributed by atoms with E-state index in [0.29, 0.717) is 30.8 Å². The predicted octanol–water partition coefficient (Wildman–Crippen LogP) is 1.67. The number of hydrogen-bond acceptors (Lipinski definition) is 4. The fraction of sp³-hybridized carbons (Fsp3) is 0.571. The molecule has 3 N–H and O–H groups in total. The number of carbonyl (C=O) groups excluding carboxylic acids is 3. The van der Waals surface area contributed by atoms with E-state index in [0.717, 1.165) is 25.7 Å². The van der Waals surface area contributed by atoms with E-state index < -0.39 is 11.6 Å². The standard InChI is InChI=1S/C21H27N3O4/c25-18(24-12-11-21(28)10-4-3-5-14(21)13-24)9-8-17-20(27)22-16-7-2-1-6-15(16)19(26)23-17/h1-2,6-7,14,17,28H,3-5,8-13H2,(H,22,27)(H,23,26)/t14-,17-,21+/m1/s1. The molecule has 3 amide bonds. The number of piperidine rings is 1. The quantitative estimate of drug-likeness (QED) is 0.737. The van der Waals surface area contributed by atoms with Crippen LogP contribution in [0, 0.1) is 5.92 Å². The molecule has 2 aliphatic heterocycles. The number of para-hydroxylation sites is 1. The highest BCUT2D eigenvalue weighted by atomic mass is 16.3. The first-order valence-electron chi connectivity index (χ1n) is 10.2. The van der Waals surface area contributed by atoms with Gasteiger partial charge >= 0.3 is 0 Å². The molecule has 1 aromatic rings. The molecular weight excluding hydrogens is 358 g/mol. The second-order valence-electron chi connectivity index (χ2n) is 8.24. The topological polar surface area (TPSA) is 98.7 Å². The molecule has 28 heavy (non-hydrogen) atoms. The van der Waals surface area contributed by atoms with Crippen molar-refractivity contribution in [3.05, 3.63) is 29.8 Å². The molecule has 2 heterocycles. The Kier molecular flexibility index (Phi) is 5.10. The molecule has 7 nitrogen and oxygen atoms in total. The highest BCUT2D eigenvalue weighted by molar-refractivity contribution is 6.09. The van der Waals surface area contributed by atoms with E-state index >= 15 is 0 Å². The van der Waals surface area contributed by atoms with Gasteiger partial charge in [0, 0.05) is 25.4 Å². The Labute approximate surface area is 164 Å². The molecule has 4 rings (SSSR count). The van der Waals surface area contributed by atoms with Crippen LogP contribution in [-0.2, 0) is 9.59 Å². The molecule has 0 radical (unpaired) electrons.